The number of H-pyrrole nitrogens is 1. The number of nitrogens with one attached hydrogen (secondary N) is 2. The second-order valence-electron chi connectivity index (χ2n) is 13.8. The summed E-state index contributed by atoms with van der Waals surface area (Å²) in [7, 11) is 1.90. The van der Waals surface area contributed by atoms with Crippen LogP contribution in [0.4, 0.5) is 5.82 Å². The summed E-state index contributed by atoms with van der Waals surface area (Å²) in [6.45, 7) is 10.3. The molecule has 0 radical (unpaired) electrons. The molecule has 0 saturated carbocycles. The minimum absolute atomic E-state index is 0.105. The number of carbonyl (C=O) groups is 2. The highest BCUT2D eigenvalue weighted by atomic mass is 35.5. The van der Waals surface area contributed by atoms with Crippen LogP contribution in [-0.2, 0) is 37.8 Å². The number of aromatic nitrogens is 4. The SMILES string of the molecule is Cc1cc(OCCCc2c(C(=O)NCc3cc(OC=O)cc(N4CCc5ccccc5C4)n3)[nH]c3c(-c4c(C)nn(C)c4C)c(Cl)ccc23)cc(C)c1Cl. The average molecular weight is 766 g/mol. The van der Waals surface area contributed by atoms with Gasteiger partial charge in [0.2, 0.25) is 0 Å². The van der Waals surface area contributed by atoms with Gasteiger partial charge in [-0.25, -0.2) is 4.98 Å². The minimum atomic E-state index is -0.301. The fourth-order valence-corrected chi connectivity index (χ4v) is 7.79. The summed E-state index contributed by atoms with van der Waals surface area (Å²) < 4.78 is 13.3. The number of hydrogen-bond acceptors (Lipinski definition) is 7. The summed E-state index contributed by atoms with van der Waals surface area (Å²) >= 11 is 13.3. The van der Waals surface area contributed by atoms with Crippen LogP contribution in [-0.4, -0.2) is 45.3 Å². The summed E-state index contributed by atoms with van der Waals surface area (Å²) in [5.41, 5.74) is 10.6. The smallest absolute Gasteiger partial charge is 0.298 e. The lowest BCUT2D eigenvalue weighted by Crippen LogP contribution is -2.31. The zero-order valence-electron chi connectivity index (χ0n) is 31.0. The molecular weight excluding hydrogens is 723 g/mol. The molecule has 0 fully saturated rings. The molecule has 3 aromatic carbocycles. The molecule has 10 nitrogen and oxygen atoms in total. The average Bonchev–Trinajstić information content (AvgIpc) is 3.65. The van der Waals surface area contributed by atoms with Crippen molar-refractivity contribution in [3.05, 3.63) is 121 Å². The number of ether oxygens (including phenoxy) is 2. The third-order valence-electron chi connectivity index (χ3n) is 10.2. The summed E-state index contributed by atoms with van der Waals surface area (Å²) in [5, 5.41) is 9.90. The largest absolute Gasteiger partial charge is 0.494 e. The van der Waals surface area contributed by atoms with Gasteiger partial charge in [-0.3, -0.25) is 14.3 Å². The predicted octanol–water partition coefficient (Wildman–Crippen LogP) is 8.54. The van der Waals surface area contributed by atoms with Crippen LogP contribution in [0, 0.1) is 27.7 Å². The highest BCUT2D eigenvalue weighted by Gasteiger charge is 2.25. The molecule has 0 aliphatic carbocycles. The van der Waals surface area contributed by atoms with Crippen molar-refractivity contribution in [3.63, 3.8) is 0 Å². The number of rotatable bonds is 12. The van der Waals surface area contributed by atoms with Crippen molar-refractivity contribution in [2.45, 2.75) is 60.0 Å². The Morgan fingerprint density at radius 3 is 2.46 bits per heavy atom. The van der Waals surface area contributed by atoms with E-state index in [1.165, 1.54) is 11.1 Å². The van der Waals surface area contributed by atoms with Gasteiger partial charge in [-0.15, -0.1) is 0 Å². The van der Waals surface area contributed by atoms with Crippen LogP contribution >= 0.6 is 23.2 Å². The van der Waals surface area contributed by atoms with E-state index in [2.05, 4.69) is 38.5 Å². The van der Waals surface area contributed by atoms with Gasteiger partial charge in [-0.05, 0) is 93.0 Å². The second kappa shape index (κ2) is 15.6. The van der Waals surface area contributed by atoms with Crippen LogP contribution in [0.25, 0.3) is 22.0 Å². The number of hydrogen-bond donors (Lipinski definition) is 2. The number of aryl methyl sites for hydroxylation is 5. The molecule has 3 aromatic heterocycles. The molecule has 6 aromatic rings. The van der Waals surface area contributed by atoms with Crippen molar-refractivity contribution >= 4 is 52.3 Å². The van der Waals surface area contributed by atoms with E-state index in [4.69, 9.17) is 37.7 Å². The zero-order valence-corrected chi connectivity index (χ0v) is 32.5. The predicted molar refractivity (Wildman–Crippen MR) is 213 cm³/mol. The van der Waals surface area contributed by atoms with Crippen LogP contribution in [0.15, 0.2) is 60.7 Å². The molecule has 278 valence electrons. The van der Waals surface area contributed by atoms with Crippen LogP contribution in [0.2, 0.25) is 10.0 Å². The molecular formula is C42H42Cl2N6O4. The van der Waals surface area contributed by atoms with Gasteiger partial charge in [0.15, 0.2) is 0 Å². The lowest BCUT2D eigenvalue weighted by molar-refractivity contribution is -0.120. The van der Waals surface area contributed by atoms with E-state index in [1.807, 2.05) is 69.8 Å². The number of pyridine rings is 1. The van der Waals surface area contributed by atoms with Gasteiger partial charge in [-0.2, -0.15) is 5.10 Å². The number of benzene rings is 3. The van der Waals surface area contributed by atoms with Gasteiger partial charge in [0.25, 0.3) is 12.4 Å². The van der Waals surface area contributed by atoms with Crippen LogP contribution in [0.1, 0.15) is 61.8 Å². The van der Waals surface area contributed by atoms with Gasteiger partial charge >= 0.3 is 0 Å². The molecule has 1 aliphatic heterocycles. The summed E-state index contributed by atoms with van der Waals surface area (Å²) in [4.78, 5) is 36.1. The topological polar surface area (TPSA) is 114 Å². The third kappa shape index (κ3) is 7.41. The minimum Gasteiger partial charge on any atom is -0.494 e. The first-order valence-electron chi connectivity index (χ1n) is 18.0. The molecule has 7 rings (SSSR count). The third-order valence-corrected chi connectivity index (χ3v) is 11.1. The van der Waals surface area contributed by atoms with Gasteiger partial charge in [0.05, 0.1) is 35.1 Å². The van der Waals surface area contributed by atoms with Gasteiger partial charge in [0, 0.05) is 59.5 Å². The second-order valence-corrected chi connectivity index (χ2v) is 14.6. The lowest BCUT2D eigenvalue weighted by Gasteiger charge is -2.30. The van der Waals surface area contributed by atoms with E-state index in [-0.39, 0.29) is 12.5 Å². The van der Waals surface area contributed by atoms with Crippen molar-refractivity contribution in [1.29, 1.82) is 0 Å². The number of halogens is 2. The molecule has 54 heavy (non-hydrogen) atoms. The molecule has 2 N–H and O–H groups in total. The normalized spacial score (nSPS) is 12.5. The Morgan fingerprint density at radius 2 is 1.74 bits per heavy atom. The van der Waals surface area contributed by atoms with E-state index >= 15 is 0 Å². The number of fused-ring (bicyclic) bond motifs is 2. The Hall–Kier alpha value is -5.32. The van der Waals surface area contributed by atoms with Gasteiger partial charge in [0.1, 0.15) is 23.0 Å². The Morgan fingerprint density at radius 1 is 0.981 bits per heavy atom. The highest BCUT2D eigenvalue weighted by Crippen LogP contribution is 2.40. The number of anilines is 1. The van der Waals surface area contributed by atoms with Crippen LogP contribution in [0.5, 0.6) is 11.5 Å². The maximum atomic E-state index is 14.2. The fourth-order valence-electron chi connectivity index (χ4n) is 7.43. The van der Waals surface area contributed by atoms with Crippen molar-refractivity contribution < 1.29 is 19.1 Å². The first-order chi connectivity index (χ1) is 26.0. The molecule has 12 heteroatoms. The van der Waals surface area contributed by atoms with Crippen molar-refractivity contribution in [2.75, 3.05) is 18.1 Å². The monoisotopic (exact) mass is 764 g/mol. The van der Waals surface area contributed by atoms with E-state index in [0.29, 0.717) is 60.4 Å². The Bertz CT molecular complexity index is 2380. The lowest BCUT2D eigenvalue weighted by atomic mass is 9.98. The van der Waals surface area contributed by atoms with E-state index in [9.17, 15) is 9.59 Å². The Kier molecular flexibility index (Phi) is 10.7. The number of nitrogens with zero attached hydrogens (tertiary/aromatic N) is 4. The quantitative estimate of drug-likeness (QED) is 0.0949. The summed E-state index contributed by atoms with van der Waals surface area (Å²) in [5.74, 6) is 1.48. The standard InChI is InChI=1S/C42H42Cl2N6O4/c1-24-17-31(18-25(2)39(24)44)53-16-8-11-33-34-12-13-35(43)38(37-26(3)48-49(5)27(37)4)40(34)47-41(33)42(52)45-21-30-19-32(54-23-51)20-36(46-30)50-15-14-28-9-6-7-10-29(28)22-50/h6-7,9-10,12-13,17-20,23,47H,8,11,14-16,21-22H2,1-5H3,(H,45,52). The molecule has 4 heterocycles. The molecule has 1 amide bonds. The van der Waals surface area contributed by atoms with Crippen LogP contribution < -0.4 is 19.7 Å². The molecule has 0 unspecified atom stereocenters. The summed E-state index contributed by atoms with van der Waals surface area (Å²) in [6, 6.07) is 19.5. The first kappa shape index (κ1) is 37.0. The van der Waals surface area contributed by atoms with E-state index < -0.39 is 0 Å². The van der Waals surface area contributed by atoms with E-state index in [0.717, 1.165) is 73.8 Å². The van der Waals surface area contributed by atoms with Crippen molar-refractivity contribution in [3.8, 4) is 22.6 Å². The number of carbonyl (C=O) groups excluding carboxylic acids is 2. The number of aromatic amines is 1. The van der Waals surface area contributed by atoms with Gasteiger partial charge in [-0.1, -0.05) is 53.5 Å². The van der Waals surface area contributed by atoms with Crippen molar-refractivity contribution in [2.24, 2.45) is 7.05 Å². The maximum absolute atomic E-state index is 14.2. The molecule has 0 atom stereocenters. The van der Waals surface area contributed by atoms with E-state index in [1.54, 1.807) is 12.1 Å². The Labute approximate surface area is 324 Å². The van der Waals surface area contributed by atoms with Crippen molar-refractivity contribution in [1.82, 2.24) is 25.1 Å². The fraction of sp³-hybridized carbons (Fsp3) is 0.286. The Balaban J connectivity index is 1.19. The maximum Gasteiger partial charge on any atom is 0.298 e. The highest BCUT2D eigenvalue weighted by molar-refractivity contribution is 6.35. The molecule has 1 aliphatic rings. The molecule has 0 bridgehead atoms. The molecule has 0 saturated heterocycles. The zero-order chi connectivity index (χ0) is 38.1. The molecule has 0 spiro atoms. The van der Waals surface area contributed by atoms with Gasteiger partial charge < -0.3 is 24.7 Å². The van der Waals surface area contributed by atoms with Crippen LogP contribution in [0.3, 0.4) is 0 Å². The number of amides is 1. The summed E-state index contributed by atoms with van der Waals surface area (Å²) in [6.07, 6.45) is 2.08. The first-order valence-corrected chi connectivity index (χ1v) is 18.7.